The third kappa shape index (κ3) is 3.52. The Morgan fingerprint density at radius 1 is 1.21 bits per heavy atom. The van der Waals surface area contributed by atoms with E-state index in [0.717, 1.165) is 12.8 Å². The number of anilines is 1. The van der Waals surface area contributed by atoms with Crippen LogP contribution in [0.3, 0.4) is 0 Å². The third-order valence-electron chi connectivity index (χ3n) is 5.23. The number of rotatable bonds is 3. The van der Waals surface area contributed by atoms with E-state index in [2.05, 4.69) is 10.5 Å². The molecule has 28 heavy (non-hydrogen) atoms. The van der Waals surface area contributed by atoms with Gasteiger partial charge in [0.05, 0.1) is 12.1 Å². The zero-order valence-corrected chi connectivity index (χ0v) is 16.0. The van der Waals surface area contributed by atoms with Crippen molar-refractivity contribution in [2.24, 2.45) is 5.16 Å². The van der Waals surface area contributed by atoms with E-state index in [1.807, 2.05) is 37.3 Å². The van der Waals surface area contributed by atoms with E-state index in [4.69, 9.17) is 9.25 Å². The van der Waals surface area contributed by atoms with E-state index >= 15 is 0 Å². The summed E-state index contributed by atoms with van der Waals surface area (Å²) >= 11 is 0. The summed E-state index contributed by atoms with van der Waals surface area (Å²) in [6, 6.07) is 11.0. The van der Waals surface area contributed by atoms with Gasteiger partial charge in [-0.2, -0.15) is 0 Å². The molecular weight excluding hydrogens is 358 g/mol. The van der Waals surface area contributed by atoms with Gasteiger partial charge in [-0.25, -0.2) is 0 Å². The van der Waals surface area contributed by atoms with E-state index in [9.17, 15) is 9.59 Å². The molecule has 0 bridgehead atoms. The third-order valence-corrected chi connectivity index (χ3v) is 5.23. The Kier molecular flexibility index (Phi) is 4.66. The van der Waals surface area contributed by atoms with Crippen LogP contribution >= 0.6 is 0 Å². The van der Waals surface area contributed by atoms with E-state index in [1.165, 1.54) is 0 Å². The molecule has 146 valence electrons. The molecule has 1 fully saturated rings. The maximum Gasteiger partial charge on any atom is 0.273 e. The summed E-state index contributed by atoms with van der Waals surface area (Å²) in [6.07, 6.45) is 1.94. The van der Waals surface area contributed by atoms with Crippen molar-refractivity contribution in [3.63, 3.8) is 0 Å². The lowest BCUT2D eigenvalue weighted by Crippen LogP contribution is -2.50. The summed E-state index contributed by atoms with van der Waals surface area (Å²) in [5, 5.41) is 6.88. The first kappa shape index (κ1) is 18.3. The molecule has 0 radical (unpaired) electrons. The van der Waals surface area contributed by atoms with Crippen LogP contribution in [0.5, 0.6) is 0 Å². The predicted octanol–water partition coefficient (Wildman–Crippen LogP) is 3.29. The molecule has 1 N–H and O–H groups in total. The lowest BCUT2D eigenvalue weighted by Gasteiger charge is -2.38. The van der Waals surface area contributed by atoms with Crippen LogP contribution < -0.4 is 5.32 Å². The molecule has 2 aliphatic rings. The van der Waals surface area contributed by atoms with Gasteiger partial charge in [0.15, 0.2) is 5.60 Å². The van der Waals surface area contributed by atoms with Crippen molar-refractivity contribution < 1.29 is 18.8 Å². The van der Waals surface area contributed by atoms with Crippen LogP contribution in [0.4, 0.5) is 5.69 Å². The number of aryl methyl sites for hydroxylation is 2. The number of amides is 2. The molecule has 1 atom stereocenters. The van der Waals surface area contributed by atoms with E-state index in [-0.39, 0.29) is 11.8 Å². The Morgan fingerprint density at radius 3 is 2.71 bits per heavy atom. The highest BCUT2D eigenvalue weighted by molar-refractivity contribution is 6.43. The Morgan fingerprint density at radius 2 is 2.00 bits per heavy atom. The summed E-state index contributed by atoms with van der Waals surface area (Å²) in [7, 11) is 0. The van der Waals surface area contributed by atoms with Gasteiger partial charge in [0.2, 0.25) is 0 Å². The molecule has 2 aromatic rings. The highest BCUT2D eigenvalue weighted by Gasteiger charge is 2.46. The van der Waals surface area contributed by atoms with Crippen molar-refractivity contribution in [3.8, 4) is 0 Å². The molecule has 1 aromatic carbocycles. The highest BCUT2D eigenvalue weighted by atomic mass is 16.7. The maximum absolute atomic E-state index is 12.9. The molecule has 4 rings (SSSR count). The SMILES string of the molecule is Cc1cc(C(=O)N2CCC[C@]3(CC(C(=O)Nc4ccccc4)=NO3)C2)c(C)o1. The van der Waals surface area contributed by atoms with E-state index in [0.29, 0.717) is 48.0 Å². The Bertz CT molecular complexity index is 934. The minimum absolute atomic E-state index is 0.0702. The molecule has 1 saturated heterocycles. The van der Waals surface area contributed by atoms with Gasteiger partial charge in [0.25, 0.3) is 11.8 Å². The Hall–Kier alpha value is -3.09. The monoisotopic (exact) mass is 381 g/mol. The van der Waals surface area contributed by atoms with Gasteiger partial charge >= 0.3 is 0 Å². The number of carbonyl (C=O) groups is 2. The summed E-state index contributed by atoms with van der Waals surface area (Å²) in [4.78, 5) is 32.9. The number of piperidine rings is 1. The number of para-hydroxylation sites is 1. The molecular formula is C21H23N3O4. The topological polar surface area (TPSA) is 84.1 Å². The van der Waals surface area contributed by atoms with Crippen LogP contribution in [0.15, 0.2) is 46.0 Å². The van der Waals surface area contributed by atoms with Crippen LogP contribution in [0.25, 0.3) is 0 Å². The molecule has 0 unspecified atom stereocenters. The van der Waals surface area contributed by atoms with Gasteiger partial charge in [0, 0.05) is 18.7 Å². The molecule has 3 heterocycles. The first-order valence-electron chi connectivity index (χ1n) is 9.44. The van der Waals surface area contributed by atoms with E-state index < -0.39 is 5.60 Å². The number of nitrogens with zero attached hydrogens (tertiary/aromatic N) is 2. The standard InChI is InChI=1S/C21H23N3O4/c1-14-11-17(15(2)27-14)20(26)24-10-6-9-21(13-24)12-18(23-28-21)19(25)22-16-7-4-3-5-8-16/h3-5,7-8,11H,6,9-10,12-13H2,1-2H3,(H,22,25)/t21-/m0/s1. The fourth-order valence-electron chi connectivity index (χ4n) is 3.87. The van der Waals surface area contributed by atoms with Crippen LogP contribution in [0.1, 0.15) is 41.1 Å². The zero-order valence-electron chi connectivity index (χ0n) is 16.0. The van der Waals surface area contributed by atoms with Gasteiger partial charge in [-0.15, -0.1) is 0 Å². The number of nitrogens with one attached hydrogen (secondary N) is 1. The second-order valence-corrected chi connectivity index (χ2v) is 7.47. The second-order valence-electron chi connectivity index (χ2n) is 7.47. The lowest BCUT2D eigenvalue weighted by molar-refractivity contribution is -0.110. The Labute approximate surface area is 163 Å². The van der Waals surface area contributed by atoms with Gasteiger partial charge < -0.3 is 19.5 Å². The van der Waals surface area contributed by atoms with Crippen LogP contribution in [0.2, 0.25) is 0 Å². The number of likely N-dealkylation sites (tertiary alicyclic amines) is 1. The molecule has 2 amide bonds. The van der Waals surface area contributed by atoms with Crippen LogP contribution in [-0.2, 0) is 9.63 Å². The summed E-state index contributed by atoms with van der Waals surface area (Å²) in [5.41, 5.74) is 1.01. The fourth-order valence-corrected chi connectivity index (χ4v) is 3.87. The number of benzene rings is 1. The van der Waals surface area contributed by atoms with Crippen molar-refractivity contribution in [2.45, 2.75) is 38.7 Å². The van der Waals surface area contributed by atoms with Gasteiger partial charge in [-0.05, 0) is 44.9 Å². The first-order valence-corrected chi connectivity index (χ1v) is 9.44. The predicted molar refractivity (Wildman–Crippen MR) is 104 cm³/mol. The maximum atomic E-state index is 12.9. The average molecular weight is 381 g/mol. The van der Waals surface area contributed by atoms with Crippen molar-refractivity contribution in [1.82, 2.24) is 4.90 Å². The summed E-state index contributed by atoms with van der Waals surface area (Å²) in [6.45, 7) is 4.68. The Balaban J connectivity index is 1.43. The van der Waals surface area contributed by atoms with Crippen molar-refractivity contribution in [3.05, 3.63) is 53.5 Å². The minimum atomic E-state index is -0.635. The van der Waals surface area contributed by atoms with Gasteiger partial charge in [-0.1, -0.05) is 23.4 Å². The van der Waals surface area contributed by atoms with Gasteiger partial charge in [0.1, 0.15) is 17.2 Å². The minimum Gasteiger partial charge on any atom is -0.466 e. The molecule has 7 heteroatoms. The molecule has 0 aliphatic carbocycles. The normalized spacial score (nSPS) is 21.4. The fraction of sp³-hybridized carbons (Fsp3) is 0.381. The lowest BCUT2D eigenvalue weighted by atomic mass is 9.87. The summed E-state index contributed by atoms with van der Waals surface area (Å²) < 4.78 is 5.49. The highest BCUT2D eigenvalue weighted by Crippen LogP contribution is 2.34. The van der Waals surface area contributed by atoms with Crippen LogP contribution in [-0.4, -0.2) is 41.1 Å². The first-order chi connectivity index (χ1) is 13.5. The van der Waals surface area contributed by atoms with Crippen molar-refractivity contribution in [2.75, 3.05) is 18.4 Å². The van der Waals surface area contributed by atoms with Crippen molar-refractivity contribution in [1.29, 1.82) is 0 Å². The smallest absolute Gasteiger partial charge is 0.273 e. The van der Waals surface area contributed by atoms with Gasteiger partial charge in [-0.3, -0.25) is 9.59 Å². The average Bonchev–Trinajstić information content (AvgIpc) is 3.25. The number of hydrogen-bond acceptors (Lipinski definition) is 5. The molecule has 2 aliphatic heterocycles. The number of furan rings is 1. The van der Waals surface area contributed by atoms with Crippen LogP contribution in [0, 0.1) is 13.8 Å². The van der Waals surface area contributed by atoms with Crippen molar-refractivity contribution >= 4 is 23.2 Å². The summed E-state index contributed by atoms with van der Waals surface area (Å²) in [5.74, 6) is 0.994. The van der Waals surface area contributed by atoms with E-state index in [1.54, 1.807) is 17.9 Å². The largest absolute Gasteiger partial charge is 0.466 e. The zero-order chi connectivity index (χ0) is 19.7. The molecule has 7 nitrogen and oxygen atoms in total. The molecule has 1 aromatic heterocycles. The molecule has 0 saturated carbocycles. The second kappa shape index (κ2) is 7.14. The number of carbonyl (C=O) groups excluding carboxylic acids is 2. The molecule has 1 spiro atoms. The number of oxime groups is 1. The number of hydrogen-bond donors (Lipinski definition) is 1. The quantitative estimate of drug-likeness (QED) is 0.884.